The maximum Gasteiger partial charge on any atom is 0.322 e. The molecule has 0 saturated heterocycles. The first kappa shape index (κ1) is 22.0. The van der Waals surface area contributed by atoms with Crippen molar-refractivity contribution in [2.45, 2.75) is 39.2 Å². The number of benzene rings is 2. The number of aryl methyl sites for hydroxylation is 1. The van der Waals surface area contributed by atoms with Crippen molar-refractivity contribution in [3.05, 3.63) is 58.3 Å². The predicted molar refractivity (Wildman–Crippen MR) is 131 cm³/mol. The molecule has 0 atom stereocenters. The van der Waals surface area contributed by atoms with Gasteiger partial charge < -0.3 is 25.0 Å². The van der Waals surface area contributed by atoms with Gasteiger partial charge in [0, 0.05) is 35.5 Å². The number of amides is 2. The van der Waals surface area contributed by atoms with Crippen LogP contribution in [0.3, 0.4) is 0 Å². The van der Waals surface area contributed by atoms with Crippen LogP contribution < -0.4 is 20.1 Å². The molecule has 1 saturated carbocycles. The molecule has 2 aliphatic carbocycles. The highest BCUT2D eigenvalue weighted by molar-refractivity contribution is 6.32. The second kappa shape index (κ2) is 8.49. The van der Waals surface area contributed by atoms with Gasteiger partial charge in [0.2, 0.25) is 0 Å². The molecule has 7 heteroatoms. The van der Waals surface area contributed by atoms with E-state index in [2.05, 4.69) is 29.7 Å². The van der Waals surface area contributed by atoms with E-state index in [1.54, 1.807) is 14.2 Å². The summed E-state index contributed by atoms with van der Waals surface area (Å²) in [7, 11) is 3.26. The number of methoxy groups -OCH3 is 2. The van der Waals surface area contributed by atoms with E-state index in [0.717, 1.165) is 54.9 Å². The second-order valence-corrected chi connectivity index (χ2v) is 9.79. The van der Waals surface area contributed by atoms with E-state index >= 15 is 0 Å². The number of ether oxygens (including phenoxy) is 2. The average Bonchev–Trinajstić information content (AvgIpc) is 3.47. The van der Waals surface area contributed by atoms with Gasteiger partial charge in [0.15, 0.2) is 0 Å². The Morgan fingerprint density at radius 1 is 1.15 bits per heavy atom. The summed E-state index contributed by atoms with van der Waals surface area (Å²) >= 11 is 6.26. The Morgan fingerprint density at radius 2 is 1.88 bits per heavy atom. The van der Waals surface area contributed by atoms with E-state index in [-0.39, 0.29) is 11.4 Å². The Labute approximate surface area is 199 Å². The van der Waals surface area contributed by atoms with Crippen molar-refractivity contribution in [3.63, 3.8) is 0 Å². The molecular formula is C26H30ClN3O3. The van der Waals surface area contributed by atoms with Crippen LogP contribution in [0.15, 0.2) is 42.1 Å². The van der Waals surface area contributed by atoms with Crippen molar-refractivity contribution in [1.82, 2.24) is 4.90 Å². The molecule has 33 heavy (non-hydrogen) atoms. The molecule has 174 valence electrons. The van der Waals surface area contributed by atoms with Crippen LogP contribution in [0.5, 0.6) is 11.5 Å². The second-order valence-electron chi connectivity index (χ2n) is 9.38. The fraction of sp³-hybridized carbons (Fsp3) is 0.423. The van der Waals surface area contributed by atoms with Gasteiger partial charge in [0.1, 0.15) is 11.5 Å². The number of urea groups is 1. The smallest absolute Gasteiger partial charge is 0.322 e. The molecule has 3 aliphatic rings. The molecule has 2 amide bonds. The molecule has 1 fully saturated rings. The molecule has 0 bridgehead atoms. The van der Waals surface area contributed by atoms with E-state index < -0.39 is 0 Å². The molecule has 0 aromatic heterocycles. The van der Waals surface area contributed by atoms with Gasteiger partial charge in [-0.1, -0.05) is 23.7 Å². The minimum absolute atomic E-state index is 0.0324. The number of carbonyl (C=O) groups excluding carboxylic acids is 1. The average molecular weight is 468 g/mol. The van der Waals surface area contributed by atoms with Gasteiger partial charge in [-0.15, -0.1) is 0 Å². The van der Waals surface area contributed by atoms with Crippen molar-refractivity contribution >= 4 is 29.0 Å². The van der Waals surface area contributed by atoms with Gasteiger partial charge in [0.05, 0.1) is 24.9 Å². The highest BCUT2D eigenvalue weighted by Gasteiger charge is 2.47. The minimum Gasteiger partial charge on any atom is -0.495 e. The molecule has 6 nitrogen and oxygen atoms in total. The van der Waals surface area contributed by atoms with Crippen LogP contribution in [0.1, 0.15) is 36.8 Å². The van der Waals surface area contributed by atoms with Crippen LogP contribution >= 0.6 is 11.6 Å². The zero-order valence-corrected chi connectivity index (χ0v) is 20.1. The lowest BCUT2D eigenvalue weighted by molar-refractivity contribution is 0.173. The number of carbonyl (C=O) groups is 1. The minimum atomic E-state index is -0.0324. The summed E-state index contributed by atoms with van der Waals surface area (Å²) in [6.45, 7) is 3.51. The Morgan fingerprint density at radius 3 is 2.58 bits per heavy atom. The topological polar surface area (TPSA) is 62.8 Å². The first-order valence-corrected chi connectivity index (χ1v) is 11.9. The summed E-state index contributed by atoms with van der Waals surface area (Å²) in [6, 6.07) is 9.72. The largest absolute Gasteiger partial charge is 0.495 e. The van der Waals surface area contributed by atoms with Crippen LogP contribution in [-0.4, -0.2) is 31.7 Å². The van der Waals surface area contributed by atoms with Crippen molar-refractivity contribution in [1.29, 1.82) is 0 Å². The highest BCUT2D eigenvalue weighted by atomic mass is 35.5. The zero-order valence-electron chi connectivity index (χ0n) is 19.3. The molecule has 1 spiro atoms. The zero-order chi connectivity index (χ0) is 23.2. The maximum atomic E-state index is 12.8. The van der Waals surface area contributed by atoms with Crippen molar-refractivity contribution in [2.24, 2.45) is 11.3 Å². The molecule has 2 aromatic rings. The molecule has 2 aromatic carbocycles. The Balaban J connectivity index is 1.17. The van der Waals surface area contributed by atoms with E-state index in [1.807, 2.05) is 29.2 Å². The normalized spacial score (nSPS) is 23.5. The third-order valence-electron chi connectivity index (χ3n) is 7.38. The summed E-state index contributed by atoms with van der Waals surface area (Å²) in [5.74, 6) is 1.92. The van der Waals surface area contributed by atoms with Crippen LogP contribution in [-0.2, 0) is 6.54 Å². The number of nitrogens with zero attached hydrogens (tertiary/aromatic N) is 1. The standard InChI is InChI=1S/C26H30ClN3O3/c1-16-4-6-22(33-3)24-19(16)15-30(25(31)29-24)14-17-8-10-26(11-9-17)13-23(26)28-18-5-7-21(32-2)20(27)12-18/h4-7,12-13,17,28H,8-11,14-15H2,1-3H3,(H,29,31). The van der Waals surface area contributed by atoms with E-state index in [4.69, 9.17) is 21.1 Å². The number of allylic oxidation sites excluding steroid dienone is 2. The number of hydrogen-bond donors (Lipinski definition) is 2. The fourth-order valence-electron chi connectivity index (χ4n) is 5.24. The number of rotatable bonds is 6. The van der Waals surface area contributed by atoms with Crippen molar-refractivity contribution in [2.75, 3.05) is 31.4 Å². The first-order chi connectivity index (χ1) is 15.9. The fourth-order valence-corrected chi connectivity index (χ4v) is 5.50. The van der Waals surface area contributed by atoms with Crippen molar-refractivity contribution < 1.29 is 14.3 Å². The Kier molecular flexibility index (Phi) is 5.65. The molecule has 0 unspecified atom stereocenters. The summed E-state index contributed by atoms with van der Waals surface area (Å²) in [5.41, 5.74) is 5.60. The van der Waals surface area contributed by atoms with Gasteiger partial charge in [-0.2, -0.15) is 0 Å². The van der Waals surface area contributed by atoms with Gasteiger partial charge in [-0.3, -0.25) is 0 Å². The summed E-state index contributed by atoms with van der Waals surface area (Å²) in [6.07, 6.45) is 6.80. The predicted octanol–water partition coefficient (Wildman–Crippen LogP) is 6.20. The van der Waals surface area contributed by atoms with Crippen LogP contribution in [0, 0.1) is 18.3 Å². The molecule has 1 heterocycles. The lowest BCUT2D eigenvalue weighted by Crippen LogP contribution is -2.42. The van der Waals surface area contributed by atoms with Gasteiger partial charge >= 0.3 is 6.03 Å². The third kappa shape index (κ3) is 4.12. The maximum absolute atomic E-state index is 12.8. The number of nitrogens with one attached hydrogen (secondary N) is 2. The van der Waals surface area contributed by atoms with Crippen LogP contribution in [0.2, 0.25) is 5.02 Å². The number of halogens is 1. The van der Waals surface area contributed by atoms with E-state index in [0.29, 0.717) is 23.2 Å². The Bertz CT molecular complexity index is 1120. The van der Waals surface area contributed by atoms with Crippen LogP contribution in [0.25, 0.3) is 0 Å². The molecule has 5 rings (SSSR count). The first-order valence-electron chi connectivity index (χ1n) is 11.5. The van der Waals surface area contributed by atoms with Crippen LogP contribution in [0.4, 0.5) is 16.2 Å². The SMILES string of the molecule is COc1ccc(NC2=CC23CCC(CN2Cc4c(C)ccc(OC)c4NC2=O)CC3)cc1Cl. The van der Waals surface area contributed by atoms with Crippen molar-refractivity contribution in [3.8, 4) is 11.5 Å². The molecular weight excluding hydrogens is 438 g/mol. The number of hydrogen-bond acceptors (Lipinski definition) is 4. The van der Waals surface area contributed by atoms with E-state index in [1.165, 1.54) is 11.3 Å². The van der Waals surface area contributed by atoms with Gasteiger partial charge in [0.25, 0.3) is 0 Å². The molecule has 1 aliphatic heterocycles. The summed E-state index contributed by atoms with van der Waals surface area (Å²) in [4.78, 5) is 14.8. The van der Waals surface area contributed by atoms with Gasteiger partial charge in [-0.25, -0.2) is 4.79 Å². The quantitative estimate of drug-likeness (QED) is 0.531. The lowest BCUT2D eigenvalue weighted by atomic mass is 9.77. The summed E-state index contributed by atoms with van der Waals surface area (Å²) < 4.78 is 10.7. The van der Waals surface area contributed by atoms with Gasteiger partial charge in [-0.05, 0) is 68.4 Å². The highest BCUT2D eigenvalue weighted by Crippen LogP contribution is 2.56. The Hall–Kier alpha value is -2.86. The monoisotopic (exact) mass is 467 g/mol. The molecule has 2 N–H and O–H groups in total. The molecule has 0 radical (unpaired) electrons. The number of fused-ring (bicyclic) bond motifs is 1. The van der Waals surface area contributed by atoms with E-state index in [9.17, 15) is 4.79 Å². The third-order valence-corrected chi connectivity index (χ3v) is 7.67. The lowest BCUT2D eigenvalue weighted by Gasteiger charge is -2.36. The number of anilines is 2. The summed E-state index contributed by atoms with van der Waals surface area (Å²) in [5, 5.41) is 7.20.